The fraction of sp³-hybridized carbons (Fsp3) is 0.294. The second kappa shape index (κ2) is 5.80. The van der Waals surface area contributed by atoms with Crippen LogP contribution in [0.15, 0.2) is 47.4 Å². The van der Waals surface area contributed by atoms with Crippen LogP contribution in [0.3, 0.4) is 0 Å². The van der Waals surface area contributed by atoms with E-state index >= 15 is 0 Å². The first-order chi connectivity index (χ1) is 11.2. The first-order valence-corrected chi connectivity index (χ1v) is 8.26. The van der Waals surface area contributed by atoms with Crippen molar-refractivity contribution in [2.24, 2.45) is 17.1 Å². The Morgan fingerprint density at radius 2 is 2.09 bits per heavy atom. The number of nitriles is 3. The summed E-state index contributed by atoms with van der Waals surface area (Å²) in [7, 11) is 0. The molecule has 1 aliphatic carbocycles. The van der Waals surface area contributed by atoms with E-state index < -0.39 is 11.3 Å². The zero-order valence-electron chi connectivity index (χ0n) is 12.2. The smallest absolute Gasteiger partial charge is 0.191 e. The number of pyridine rings is 1. The quantitative estimate of drug-likeness (QED) is 0.850. The molecule has 2 heterocycles. The Kier molecular flexibility index (Phi) is 3.82. The Labute approximate surface area is 138 Å². The van der Waals surface area contributed by atoms with Gasteiger partial charge in [0, 0.05) is 35.7 Å². The van der Waals surface area contributed by atoms with Crippen LogP contribution in [0.25, 0.3) is 0 Å². The number of hydrogen-bond donors (Lipinski definition) is 1. The van der Waals surface area contributed by atoms with Gasteiger partial charge in [-0.2, -0.15) is 27.5 Å². The largest absolute Gasteiger partial charge is 0.399 e. The molecule has 0 aromatic carbocycles. The van der Waals surface area contributed by atoms with Crippen LogP contribution in [0.2, 0.25) is 0 Å². The number of aromatic nitrogens is 1. The van der Waals surface area contributed by atoms with Crippen LogP contribution in [0.4, 0.5) is 0 Å². The van der Waals surface area contributed by atoms with Gasteiger partial charge in [-0.15, -0.1) is 0 Å². The van der Waals surface area contributed by atoms with Crippen LogP contribution in [0.5, 0.6) is 0 Å². The van der Waals surface area contributed by atoms with Crippen LogP contribution < -0.4 is 5.73 Å². The van der Waals surface area contributed by atoms with Crippen LogP contribution in [-0.4, -0.2) is 16.5 Å². The van der Waals surface area contributed by atoms with Gasteiger partial charge in [0.05, 0.1) is 23.4 Å². The van der Waals surface area contributed by atoms with E-state index in [1.165, 1.54) is 0 Å². The Hall–Kier alpha value is -2.75. The van der Waals surface area contributed by atoms with Crippen LogP contribution in [0, 0.1) is 45.3 Å². The van der Waals surface area contributed by atoms with E-state index in [0.29, 0.717) is 5.57 Å². The Morgan fingerprint density at radius 3 is 2.70 bits per heavy atom. The summed E-state index contributed by atoms with van der Waals surface area (Å²) in [5.74, 6) is 1.02. The molecule has 1 aliphatic heterocycles. The van der Waals surface area contributed by atoms with Crippen molar-refractivity contribution < 1.29 is 0 Å². The molecule has 0 saturated carbocycles. The third-order valence-corrected chi connectivity index (χ3v) is 5.47. The van der Waals surface area contributed by atoms with Crippen molar-refractivity contribution in [2.45, 2.75) is 5.92 Å². The van der Waals surface area contributed by atoms with Crippen molar-refractivity contribution in [3.8, 4) is 18.2 Å². The monoisotopic (exact) mass is 319 g/mol. The van der Waals surface area contributed by atoms with Gasteiger partial charge in [-0.05, 0) is 17.2 Å². The molecule has 0 saturated heterocycles. The molecule has 0 radical (unpaired) electrons. The standard InChI is InChI=1S/C17H13N5S/c18-6-13-12-3-5-23-8-14(12)15(11-2-1-4-22-7-11)17(9-19,10-20)16(13)21/h1-4,7,14-15H,5,8,21H2/t14-,15-/m0/s1. The highest BCUT2D eigenvalue weighted by molar-refractivity contribution is 7.99. The normalized spacial score (nSPS) is 25.3. The van der Waals surface area contributed by atoms with Crippen molar-refractivity contribution in [1.29, 1.82) is 15.8 Å². The maximum atomic E-state index is 9.80. The number of thioether (sulfide) groups is 1. The van der Waals surface area contributed by atoms with Crippen LogP contribution in [0.1, 0.15) is 11.5 Å². The zero-order valence-corrected chi connectivity index (χ0v) is 13.0. The molecule has 1 aromatic rings. The van der Waals surface area contributed by atoms with Crippen molar-refractivity contribution in [2.75, 3.05) is 11.5 Å². The number of rotatable bonds is 1. The maximum Gasteiger partial charge on any atom is 0.191 e. The first kappa shape index (κ1) is 15.2. The fourth-order valence-electron chi connectivity index (χ4n) is 3.42. The number of hydrogen-bond acceptors (Lipinski definition) is 6. The molecule has 6 heteroatoms. The van der Waals surface area contributed by atoms with E-state index in [-0.39, 0.29) is 11.6 Å². The molecule has 0 fully saturated rings. The highest BCUT2D eigenvalue weighted by Gasteiger charge is 2.53. The molecular weight excluding hydrogens is 306 g/mol. The lowest BCUT2D eigenvalue weighted by Crippen LogP contribution is -2.43. The van der Waals surface area contributed by atoms with Gasteiger partial charge in [0.2, 0.25) is 0 Å². The zero-order chi connectivity index (χ0) is 16.4. The lowest BCUT2D eigenvalue weighted by molar-refractivity contribution is 0.367. The van der Waals surface area contributed by atoms with E-state index in [4.69, 9.17) is 5.73 Å². The summed E-state index contributed by atoms with van der Waals surface area (Å²) in [6.07, 6.45) is 5.32. The minimum atomic E-state index is -1.55. The molecule has 3 rings (SSSR count). The van der Waals surface area contributed by atoms with E-state index in [9.17, 15) is 15.8 Å². The summed E-state index contributed by atoms with van der Waals surface area (Å²) in [4.78, 5) is 4.13. The Morgan fingerprint density at radius 1 is 1.30 bits per heavy atom. The second-order valence-corrected chi connectivity index (χ2v) is 6.57. The number of allylic oxidation sites excluding steroid dienone is 3. The Bertz CT molecular complexity index is 805. The summed E-state index contributed by atoms with van der Waals surface area (Å²) in [6, 6.07) is 9.96. The second-order valence-electron chi connectivity index (χ2n) is 5.50. The molecule has 2 aliphatic rings. The highest BCUT2D eigenvalue weighted by Crippen LogP contribution is 2.54. The predicted octanol–water partition coefficient (Wildman–Crippen LogP) is 2.24. The highest BCUT2D eigenvalue weighted by atomic mass is 32.2. The van der Waals surface area contributed by atoms with E-state index in [1.54, 1.807) is 30.2 Å². The molecule has 1 aromatic heterocycles. The molecule has 0 spiro atoms. The molecule has 23 heavy (non-hydrogen) atoms. The third kappa shape index (κ3) is 2.10. The maximum absolute atomic E-state index is 9.80. The van der Waals surface area contributed by atoms with Gasteiger partial charge in [0.15, 0.2) is 5.41 Å². The van der Waals surface area contributed by atoms with Crippen molar-refractivity contribution >= 4 is 11.8 Å². The SMILES string of the molecule is N#CC1=C(N)C(C#N)(C#N)[C@@H](c2cccnc2)[C@H]2CSCC=C12. The molecule has 2 atom stereocenters. The fourth-order valence-corrected chi connectivity index (χ4v) is 4.48. The molecule has 2 N–H and O–H groups in total. The molecule has 5 nitrogen and oxygen atoms in total. The van der Waals surface area contributed by atoms with Gasteiger partial charge in [0.25, 0.3) is 0 Å². The Balaban J connectivity index is 2.33. The summed E-state index contributed by atoms with van der Waals surface area (Å²) in [5, 5.41) is 29.1. The topological polar surface area (TPSA) is 110 Å². The van der Waals surface area contributed by atoms with Gasteiger partial charge >= 0.3 is 0 Å². The van der Waals surface area contributed by atoms with Crippen LogP contribution in [-0.2, 0) is 0 Å². The summed E-state index contributed by atoms with van der Waals surface area (Å²) < 4.78 is 0. The summed E-state index contributed by atoms with van der Waals surface area (Å²) in [6.45, 7) is 0. The minimum Gasteiger partial charge on any atom is -0.399 e. The molecule has 0 bridgehead atoms. The van der Waals surface area contributed by atoms with Crippen molar-refractivity contribution in [3.05, 3.63) is 53.0 Å². The lowest BCUT2D eigenvalue weighted by Gasteiger charge is -2.42. The van der Waals surface area contributed by atoms with Crippen molar-refractivity contribution in [1.82, 2.24) is 4.98 Å². The van der Waals surface area contributed by atoms with Gasteiger partial charge in [-0.1, -0.05) is 12.1 Å². The van der Waals surface area contributed by atoms with Gasteiger partial charge in [0.1, 0.15) is 6.07 Å². The van der Waals surface area contributed by atoms with Gasteiger partial charge < -0.3 is 5.73 Å². The van der Waals surface area contributed by atoms with Crippen LogP contribution >= 0.6 is 11.8 Å². The minimum absolute atomic E-state index is 0.0632. The average molecular weight is 319 g/mol. The van der Waals surface area contributed by atoms with E-state index in [2.05, 4.69) is 23.2 Å². The van der Waals surface area contributed by atoms with Gasteiger partial charge in [-0.3, -0.25) is 4.98 Å². The molecular formula is C17H13N5S. The van der Waals surface area contributed by atoms with E-state index in [0.717, 1.165) is 22.6 Å². The first-order valence-electron chi connectivity index (χ1n) is 7.10. The van der Waals surface area contributed by atoms with E-state index in [1.807, 2.05) is 12.1 Å². The van der Waals surface area contributed by atoms with Gasteiger partial charge in [-0.25, -0.2) is 0 Å². The third-order valence-electron chi connectivity index (χ3n) is 4.48. The lowest BCUT2D eigenvalue weighted by atomic mass is 9.59. The van der Waals surface area contributed by atoms with Crippen molar-refractivity contribution in [3.63, 3.8) is 0 Å². The molecule has 0 amide bonds. The number of nitrogens with zero attached hydrogens (tertiary/aromatic N) is 4. The molecule has 112 valence electrons. The number of fused-ring (bicyclic) bond motifs is 1. The average Bonchev–Trinajstić information content (AvgIpc) is 2.61. The predicted molar refractivity (Wildman–Crippen MR) is 86.4 cm³/mol. The molecule has 0 unspecified atom stereocenters. The summed E-state index contributed by atoms with van der Waals surface area (Å²) in [5.41, 5.74) is 6.63. The summed E-state index contributed by atoms with van der Waals surface area (Å²) >= 11 is 1.73. The number of nitrogens with two attached hydrogens (primary N) is 1.